The molecule has 0 spiro atoms. The number of hydrogen-bond donors (Lipinski definition) is 2. The smallest absolute Gasteiger partial charge is 0.387 e. The summed E-state index contributed by atoms with van der Waals surface area (Å²) < 4.78 is 35.7. The molecule has 28 heavy (non-hydrogen) atoms. The van der Waals surface area contributed by atoms with Crippen LogP contribution in [-0.2, 0) is 13.1 Å². The second-order valence-corrected chi connectivity index (χ2v) is 5.87. The van der Waals surface area contributed by atoms with Crippen LogP contribution in [0.4, 0.5) is 8.78 Å². The number of alkyl halides is 2. The highest BCUT2D eigenvalue weighted by Gasteiger charge is 2.12. The van der Waals surface area contributed by atoms with Crippen molar-refractivity contribution in [2.75, 3.05) is 13.2 Å². The Kier molecular flexibility index (Phi) is 8.97. The maximum atomic E-state index is 12.8. The average molecular weight is 392 g/mol. The van der Waals surface area contributed by atoms with Crippen molar-refractivity contribution < 1.29 is 18.3 Å². The molecule has 2 aromatic rings. The molecule has 1 heterocycles. The zero-order chi connectivity index (χ0) is 20.2. The van der Waals surface area contributed by atoms with Gasteiger partial charge in [0.25, 0.3) is 0 Å². The largest absolute Gasteiger partial charge is 0.493 e. The molecule has 8 heteroatoms. The molecule has 0 saturated heterocycles. The lowest BCUT2D eigenvalue weighted by Crippen LogP contribution is -2.37. The molecule has 0 radical (unpaired) electrons. The molecule has 0 aliphatic heterocycles. The highest BCUT2D eigenvalue weighted by Crippen LogP contribution is 2.27. The van der Waals surface area contributed by atoms with Gasteiger partial charge in [-0.15, -0.1) is 0 Å². The molecule has 6 nitrogen and oxygen atoms in total. The summed E-state index contributed by atoms with van der Waals surface area (Å²) >= 11 is 0. The molecule has 2 rings (SSSR count). The van der Waals surface area contributed by atoms with Crippen LogP contribution in [-0.4, -0.2) is 30.7 Å². The normalized spacial score (nSPS) is 11.4. The van der Waals surface area contributed by atoms with Gasteiger partial charge in [-0.25, -0.2) is 4.99 Å². The van der Waals surface area contributed by atoms with E-state index in [0.717, 1.165) is 12.1 Å². The van der Waals surface area contributed by atoms with Gasteiger partial charge in [0.15, 0.2) is 5.96 Å². The van der Waals surface area contributed by atoms with Crippen LogP contribution in [0.1, 0.15) is 31.5 Å². The maximum absolute atomic E-state index is 12.8. The van der Waals surface area contributed by atoms with Gasteiger partial charge in [-0.3, -0.25) is 4.98 Å². The molecule has 1 aromatic heterocycles. The lowest BCUT2D eigenvalue weighted by Gasteiger charge is -2.14. The number of nitrogens with zero attached hydrogens (tertiary/aromatic N) is 2. The Labute approximate surface area is 164 Å². The van der Waals surface area contributed by atoms with Crippen LogP contribution in [0.25, 0.3) is 0 Å². The minimum absolute atomic E-state index is 0.0629. The summed E-state index contributed by atoms with van der Waals surface area (Å²) in [4.78, 5) is 8.71. The summed E-state index contributed by atoms with van der Waals surface area (Å²) in [5, 5.41) is 6.29. The molecule has 0 atom stereocenters. The highest BCUT2D eigenvalue weighted by atomic mass is 19.3. The van der Waals surface area contributed by atoms with Crippen LogP contribution in [0.2, 0.25) is 0 Å². The Balaban J connectivity index is 2.10. The fourth-order valence-electron chi connectivity index (χ4n) is 2.36. The van der Waals surface area contributed by atoms with Crippen molar-refractivity contribution in [3.8, 4) is 11.5 Å². The molecular formula is C20H26F2N4O2. The third-order valence-electron chi connectivity index (χ3n) is 3.64. The van der Waals surface area contributed by atoms with Crippen LogP contribution in [0, 0.1) is 0 Å². The number of halogens is 2. The second-order valence-electron chi connectivity index (χ2n) is 5.87. The SMILES string of the molecule is CCCOc1ccc(CN=C(NCC)NCc2ccccn2)c(OC(F)F)c1. The molecule has 0 aliphatic rings. The Hall–Kier alpha value is -2.90. The Bertz CT molecular complexity index is 742. The van der Waals surface area contributed by atoms with Gasteiger partial charge in [0.1, 0.15) is 11.5 Å². The molecule has 0 amide bonds. The number of nitrogens with one attached hydrogen (secondary N) is 2. The molecule has 0 unspecified atom stereocenters. The van der Waals surface area contributed by atoms with E-state index in [4.69, 9.17) is 4.74 Å². The molecular weight excluding hydrogens is 366 g/mol. The van der Waals surface area contributed by atoms with E-state index in [1.807, 2.05) is 32.0 Å². The fraction of sp³-hybridized carbons (Fsp3) is 0.400. The molecule has 0 fully saturated rings. The van der Waals surface area contributed by atoms with E-state index in [1.165, 1.54) is 6.07 Å². The summed E-state index contributed by atoms with van der Waals surface area (Å²) in [7, 11) is 0. The van der Waals surface area contributed by atoms with Crippen molar-refractivity contribution >= 4 is 5.96 Å². The summed E-state index contributed by atoms with van der Waals surface area (Å²) in [5.41, 5.74) is 1.41. The number of rotatable bonds is 10. The van der Waals surface area contributed by atoms with E-state index in [9.17, 15) is 8.78 Å². The van der Waals surface area contributed by atoms with Crippen LogP contribution >= 0.6 is 0 Å². The number of ether oxygens (including phenoxy) is 2. The number of hydrogen-bond acceptors (Lipinski definition) is 4. The predicted molar refractivity (Wildman–Crippen MR) is 105 cm³/mol. The Morgan fingerprint density at radius 1 is 1.18 bits per heavy atom. The van der Waals surface area contributed by atoms with E-state index in [2.05, 4.69) is 25.3 Å². The quantitative estimate of drug-likeness (QED) is 0.476. The minimum atomic E-state index is -2.92. The second kappa shape index (κ2) is 11.7. The van der Waals surface area contributed by atoms with Crippen LogP contribution in [0.5, 0.6) is 11.5 Å². The number of benzene rings is 1. The molecule has 2 N–H and O–H groups in total. The molecule has 0 aliphatic carbocycles. The van der Waals surface area contributed by atoms with Crippen LogP contribution < -0.4 is 20.1 Å². The fourth-order valence-corrected chi connectivity index (χ4v) is 2.36. The standard InChI is InChI=1S/C20H26F2N4O2/c1-3-11-27-17-9-8-15(18(12-17)28-19(21)22)13-25-20(23-4-2)26-14-16-7-5-6-10-24-16/h5-10,12,19H,3-4,11,13-14H2,1-2H3,(H2,23,25,26). The Morgan fingerprint density at radius 3 is 2.71 bits per heavy atom. The number of aromatic nitrogens is 1. The summed E-state index contributed by atoms with van der Waals surface area (Å²) in [6.07, 6.45) is 2.54. The maximum Gasteiger partial charge on any atom is 0.387 e. The number of pyridine rings is 1. The third kappa shape index (κ3) is 7.38. The predicted octanol–water partition coefficient (Wildman–Crippen LogP) is 3.73. The van der Waals surface area contributed by atoms with Gasteiger partial charge >= 0.3 is 6.61 Å². The van der Waals surface area contributed by atoms with Crippen LogP contribution in [0.15, 0.2) is 47.6 Å². The van der Waals surface area contributed by atoms with Crippen molar-refractivity contribution in [1.82, 2.24) is 15.6 Å². The average Bonchev–Trinajstić information content (AvgIpc) is 2.69. The Morgan fingerprint density at radius 2 is 2.04 bits per heavy atom. The van der Waals surface area contributed by atoms with Gasteiger partial charge in [0, 0.05) is 24.4 Å². The first-order valence-corrected chi connectivity index (χ1v) is 9.25. The summed E-state index contributed by atoms with van der Waals surface area (Å²) in [6, 6.07) is 10.5. The van der Waals surface area contributed by atoms with Gasteiger partial charge in [-0.1, -0.05) is 13.0 Å². The van der Waals surface area contributed by atoms with Crippen molar-refractivity contribution in [3.63, 3.8) is 0 Å². The lowest BCUT2D eigenvalue weighted by atomic mass is 10.2. The van der Waals surface area contributed by atoms with E-state index < -0.39 is 6.61 Å². The van der Waals surface area contributed by atoms with Gasteiger partial charge in [-0.05, 0) is 37.6 Å². The van der Waals surface area contributed by atoms with Crippen molar-refractivity contribution in [2.45, 2.75) is 40.0 Å². The highest BCUT2D eigenvalue weighted by molar-refractivity contribution is 5.79. The van der Waals surface area contributed by atoms with Gasteiger partial charge < -0.3 is 20.1 Å². The van der Waals surface area contributed by atoms with Gasteiger partial charge in [-0.2, -0.15) is 8.78 Å². The zero-order valence-corrected chi connectivity index (χ0v) is 16.1. The van der Waals surface area contributed by atoms with Gasteiger partial charge in [0.05, 0.1) is 25.4 Å². The number of aliphatic imine (C=N–C) groups is 1. The van der Waals surface area contributed by atoms with Crippen molar-refractivity contribution in [3.05, 3.63) is 53.9 Å². The van der Waals surface area contributed by atoms with Crippen molar-refractivity contribution in [1.29, 1.82) is 0 Å². The van der Waals surface area contributed by atoms with Crippen LogP contribution in [0.3, 0.4) is 0 Å². The summed E-state index contributed by atoms with van der Waals surface area (Å²) in [6.45, 7) is 2.85. The van der Waals surface area contributed by atoms with Gasteiger partial charge in [0.2, 0.25) is 0 Å². The number of guanidine groups is 1. The zero-order valence-electron chi connectivity index (χ0n) is 16.1. The monoisotopic (exact) mass is 392 g/mol. The first-order chi connectivity index (χ1) is 13.6. The first-order valence-electron chi connectivity index (χ1n) is 9.25. The van der Waals surface area contributed by atoms with E-state index in [-0.39, 0.29) is 12.3 Å². The molecule has 0 saturated carbocycles. The van der Waals surface area contributed by atoms with Crippen molar-refractivity contribution in [2.24, 2.45) is 4.99 Å². The third-order valence-corrected chi connectivity index (χ3v) is 3.64. The molecule has 1 aromatic carbocycles. The topological polar surface area (TPSA) is 67.8 Å². The summed E-state index contributed by atoms with van der Waals surface area (Å²) in [5.74, 6) is 1.11. The lowest BCUT2D eigenvalue weighted by molar-refractivity contribution is -0.0505. The van der Waals surface area contributed by atoms with E-state index in [0.29, 0.717) is 37.0 Å². The molecule has 0 bridgehead atoms. The first kappa shape index (κ1) is 21.4. The molecule has 152 valence electrons. The van der Waals surface area contributed by atoms with E-state index >= 15 is 0 Å². The minimum Gasteiger partial charge on any atom is -0.493 e. The van der Waals surface area contributed by atoms with E-state index in [1.54, 1.807) is 18.3 Å².